The van der Waals surface area contributed by atoms with Gasteiger partial charge in [0.05, 0.1) is 18.2 Å². The highest BCUT2D eigenvalue weighted by atomic mass is 16.1. The third kappa shape index (κ3) is 2.01. The highest BCUT2D eigenvalue weighted by molar-refractivity contribution is 5.37. The fourth-order valence-corrected chi connectivity index (χ4v) is 1.54. The molecule has 0 atom stereocenters. The Labute approximate surface area is 93.2 Å². The number of benzene rings is 1. The van der Waals surface area contributed by atoms with E-state index in [1.165, 1.54) is 6.07 Å². The third-order valence-electron chi connectivity index (χ3n) is 2.38. The summed E-state index contributed by atoms with van der Waals surface area (Å²) in [5, 5.41) is 8.93. The Morgan fingerprint density at radius 1 is 1.12 bits per heavy atom. The van der Waals surface area contributed by atoms with Crippen LogP contribution in [0.5, 0.6) is 0 Å². The molecule has 0 fully saturated rings. The van der Waals surface area contributed by atoms with Crippen molar-refractivity contribution >= 4 is 0 Å². The van der Waals surface area contributed by atoms with E-state index >= 15 is 0 Å². The van der Waals surface area contributed by atoms with E-state index in [2.05, 4.69) is 6.07 Å². The SMILES string of the molecule is N#Cc1ccccc1Cn1ccccc1=O. The van der Waals surface area contributed by atoms with E-state index < -0.39 is 0 Å². The minimum Gasteiger partial charge on any atom is -0.311 e. The molecule has 0 saturated heterocycles. The minimum atomic E-state index is -0.0600. The lowest BCUT2D eigenvalue weighted by Gasteiger charge is -2.06. The summed E-state index contributed by atoms with van der Waals surface area (Å²) in [5.74, 6) is 0. The summed E-state index contributed by atoms with van der Waals surface area (Å²) < 4.78 is 1.58. The van der Waals surface area contributed by atoms with Crippen LogP contribution in [0.15, 0.2) is 53.5 Å². The molecule has 0 unspecified atom stereocenters. The number of nitriles is 1. The van der Waals surface area contributed by atoms with Crippen molar-refractivity contribution < 1.29 is 0 Å². The zero-order valence-corrected chi connectivity index (χ0v) is 8.63. The molecular formula is C13H10N2O. The molecule has 78 valence electrons. The second-order valence-corrected chi connectivity index (χ2v) is 3.44. The molecule has 3 heteroatoms. The van der Waals surface area contributed by atoms with E-state index in [-0.39, 0.29) is 5.56 Å². The molecule has 0 aliphatic heterocycles. The van der Waals surface area contributed by atoms with Crippen molar-refractivity contribution in [2.24, 2.45) is 0 Å². The maximum atomic E-state index is 11.5. The molecule has 0 N–H and O–H groups in total. The molecule has 2 aromatic rings. The first-order valence-corrected chi connectivity index (χ1v) is 4.95. The second kappa shape index (κ2) is 4.45. The van der Waals surface area contributed by atoms with Crippen LogP contribution in [0.3, 0.4) is 0 Å². The molecule has 2 rings (SSSR count). The number of hydrogen-bond acceptors (Lipinski definition) is 2. The lowest BCUT2D eigenvalue weighted by Crippen LogP contribution is -2.18. The van der Waals surface area contributed by atoms with E-state index in [1.54, 1.807) is 29.0 Å². The van der Waals surface area contributed by atoms with Crippen LogP contribution in [0.1, 0.15) is 11.1 Å². The molecule has 0 saturated carbocycles. The van der Waals surface area contributed by atoms with Crippen LogP contribution in [0.2, 0.25) is 0 Å². The van der Waals surface area contributed by atoms with Crippen molar-refractivity contribution in [2.75, 3.05) is 0 Å². The van der Waals surface area contributed by atoms with Gasteiger partial charge in [0, 0.05) is 12.3 Å². The summed E-state index contributed by atoms with van der Waals surface area (Å²) in [5.41, 5.74) is 1.41. The van der Waals surface area contributed by atoms with E-state index in [9.17, 15) is 4.79 Å². The Balaban J connectivity index is 2.39. The number of nitrogens with zero attached hydrogens (tertiary/aromatic N) is 2. The fourth-order valence-electron chi connectivity index (χ4n) is 1.54. The average molecular weight is 210 g/mol. The van der Waals surface area contributed by atoms with Gasteiger partial charge in [-0.1, -0.05) is 24.3 Å². The van der Waals surface area contributed by atoms with Gasteiger partial charge in [0.2, 0.25) is 0 Å². The summed E-state index contributed by atoms with van der Waals surface area (Å²) >= 11 is 0. The molecule has 0 amide bonds. The maximum absolute atomic E-state index is 11.5. The Hall–Kier alpha value is -2.34. The van der Waals surface area contributed by atoms with Crippen LogP contribution in [0.25, 0.3) is 0 Å². The van der Waals surface area contributed by atoms with E-state index in [0.717, 1.165) is 5.56 Å². The van der Waals surface area contributed by atoms with Gasteiger partial charge in [0.25, 0.3) is 5.56 Å². The fraction of sp³-hybridized carbons (Fsp3) is 0.0769. The predicted molar refractivity (Wildman–Crippen MR) is 61.0 cm³/mol. The standard InChI is InChI=1S/C13H10N2O/c14-9-11-5-1-2-6-12(11)10-15-8-4-3-7-13(15)16/h1-8H,10H2. The van der Waals surface area contributed by atoms with Gasteiger partial charge in [-0.05, 0) is 17.7 Å². The highest BCUT2D eigenvalue weighted by Gasteiger charge is 2.01. The molecule has 1 aromatic carbocycles. The van der Waals surface area contributed by atoms with E-state index in [1.807, 2.05) is 18.2 Å². The Morgan fingerprint density at radius 3 is 2.62 bits per heavy atom. The molecule has 1 heterocycles. The third-order valence-corrected chi connectivity index (χ3v) is 2.38. The van der Waals surface area contributed by atoms with Crippen molar-refractivity contribution in [3.8, 4) is 6.07 Å². The Bertz CT molecular complexity index is 593. The van der Waals surface area contributed by atoms with E-state index in [0.29, 0.717) is 12.1 Å². The van der Waals surface area contributed by atoms with Crippen molar-refractivity contribution in [3.63, 3.8) is 0 Å². The van der Waals surface area contributed by atoms with Gasteiger partial charge < -0.3 is 4.57 Å². The van der Waals surface area contributed by atoms with Gasteiger partial charge in [-0.25, -0.2) is 0 Å². The Morgan fingerprint density at radius 2 is 1.88 bits per heavy atom. The summed E-state index contributed by atoms with van der Waals surface area (Å²) in [6.45, 7) is 0.434. The largest absolute Gasteiger partial charge is 0.311 e. The predicted octanol–water partition coefficient (Wildman–Crippen LogP) is 1.77. The second-order valence-electron chi connectivity index (χ2n) is 3.44. The monoisotopic (exact) mass is 210 g/mol. The first-order valence-electron chi connectivity index (χ1n) is 4.95. The van der Waals surface area contributed by atoms with Gasteiger partial charge in [-0.3, -0.25) is 4.79 Å². The first-order chi connectivity index (χ1) is 7.81. The molecule has 0 radical (unpaired) electrons. The summed E-state index contributed by atoms with van der Waals surface area (Å²) in [7, 11) is 0. The summed E-state index contributed by atoms with van der Waals surface area (Å²) in [4.78, 5) is 11.5. The van der Waals surface area contributed by atoms with Gasteiger partial charge in [0.15, 0.2) is 0 Å². The number of aromatic nitrogens is 1. The lowest BCUT2D eigenvalue weighted by atomic mass is 10.1. The zero-order valence-electron chi connectivity index (χ0n) is 8.63. The van der Waals surface area contributed by atoms with Crippen LogP contribution >= 0.6 is 0 Å². The smallest absolute Gasteiger partial charge is 0.250 e. The summed E-state index contributed by atoms with van der Waals surface area (Å²) in [6.07, 6.45) is 1.72. The molecule has 0 spiro atoms. The number of rotatable bonds is 2. The van der Waals surface area contributed by atoms with Gasteiger partial charge >= 0.3 is 0 Å². The first kappa shape index (κ1) is 10.2. The highest BCUT2D eigenvalue weighted by Crippen LogP contribution is 2.08. The topological polar surface area (TPSA) is 45.8 Å². The van der Waals surface area contributed by atoms with Gasteiger partial charge in [0.1, 0.15) is 0 Å². The van der Waals surface area contributed by atoms with Crippen LogP contribution in [0, 0.1) is 11.3 Å². The normalized spacial score (nSPS) is 9.69. The van der Waals surface area contributed by atoms with Gasteiger partial charge in [-0.15, -0.1) is 0 Å². The molecule has 0 bridgehead atoms. The molecule has 3 nitrogen and oxygen atoms in total. The van der Waals surface area contributed by atoms with Crippen LogP contribution in [-0.2, 0) is 6.54 Å². The minimum absolute atomic E-state index is 0.0600. The van der Waals surface area contributed by atoms with Crippen molar-refractivity contribution in [1.29, 1.82) is 5.26 Å². The molecule has 0 aliphatic carbocycles. The van der Waals surface area contributed by atoms with Crippen LogP contribution in [-0.4, -0.2) is 4.57 Å². The average Bonchev–Trinajstić information content (AvgIpc) is 2.33. The molecule has 16 heavy (non-hydrogen) atoms. The van der Waals surface area contributed by atoms with Crippen molar-refractivity contribution in [3.05, 3.63) is 70.1 Å². The molecular weight excluding hydrogens is 200 g/mol. The Kier molecular flexibility index (Phi) is 2.84. The number of pyridine rings is 1. The molecule has 0 aliphatic rings. The van der Waals surface area contributed by atoms with Crippen LogP contribution in [0.4, 0.5) is 0 Å². The molecule has 1 aromatic heterocycles. The van der Waals surface area contributed by atoms with Crippen molar-refractivity contribution in [1.82, 2.24) is 4.57 Å². The summed E-state index contributed by atoms with van der Waals surface area (Å²) in [6, 6.07) is 14.4. The van der Waals surface area contributed by atoms with Crippen molar-refractivity contribution in [2.45, 2.75) is 6.54 Å². The maximum Gasteiger partial charge on any atom is 0.250 e. The van der Waals surface area contributed by atoms with Crippen LogP contribution < -0.4 is 5.56 Å². The zero-order chi connectivity index (χ0) is 11.4. The van der Waals surface area contributed by atoms with E-state index in [4.69, 9.17) is 5.26 Å². The van der Waals surface area contributed by atoms with Gasteiger partial charge in [-0.2, -0.15) is 5.26 Å². The quantitative estimate of drug-likeness (QED) is 0.758. The lowest BCUT2D eigenvalue weighted by molar-refractivity contribution is 0.758. The number of hydrogen-bond donors (Lipinski definition) is 0.